The maximum Gasteiger partial charge on any atom is 0.303 e. The highest BCUT2D eigenvalue weighted by atomic mass is 31.2. The summed E-state index contributed by atoms with van der Waals surface area (Å²) in [5.41, 5.74) is 6.69. The first kappa shape index (κ1) is 15.9. The Balaban J connectivity index is 2.41. The van der Waals surface area contributed by atoms with E-state index in [1.54, 1.807) is 0 Å². The number of aliphatic carboxylic acids is 1. The van der Waals surface area contributed by atoms with Crippen LogP contribution in [0.15, 0.2) is 30.3 Å². The second-order valence-corrected chi connectivity index (χ2v) is 7.19. The highest BCUT2D eigenvalue weighted by Gasteiger charge is 2.26. The van der Waals surface area contributed by atoms with Crippen molar-refractivity contribution in [3.63, 3.8) is 0 Å². The fourth-order valence-electron chi connectivity index (χ4n) is 1.76. The van der Waals surface area contributed by atoms with E-state index in [9.17, 15) is 14.3 Å². The number of aryl methyl sites for hydroxylation is 1. The highest BCUT2D eigenvalue weighted by Crippen LogP contribution is 2.46. The summed E-state index contributed by atoms with van der Waals surface area (Å²) >= 11 is 0. The molecule has 5 nitrogen and oxygen atoms in total. The van der Waals surface area contributed by atoms with Crippen molar-refractivity contribution in [2.75, 3.05) is 6.16 Å². The Bertz CT molecular complexity index is 449. The average Bonchev–Trinajstić information content (AvgIpc) is 2.37. The third kappa shape index (κ3) is 6.01. The predicted octanol–water partition coefficient (Wildman–Crippen LogP) is 2.04. The Kier molecular flexibility index (Phi) is 6.22. The molecule has 0 spiro atoms. The molecule has 4 N–H and O–H groups in total. The van der Waals surface area contributed by atoms with Gasteiger partial charge in [0.15, 0.2) is 0 Å². The number of rotatable bonds is 8. The molecule has 0 aromatic heterocycles. The minimum atomic E-state index is -3.42. The molecule has 2 unspecified atom stereocenters. The molecule has 0 aliphatic rings. The standard InChI is InChI=1S/C13H20NO4P/c14-12(7-4-8-13(15)16)19(17,18)10-9-11-5-2-1-3-6-11/h1-3,5-6,12H,4,7-10,14H2,(H,15,16)(H,17,18). The second kappa shape index (κ2) is 7.43. The summed E-state index contributed by atoms with van der Waals surface area (Å²) in [7, 11) is -3.42. The normalized spacial score (nSPS) is 15.7. The van der Waals surface area contributed by atoms with Gasteiger partial charge >= 0.3 is 5.97 Å². The van der Waals surface area contributed by atoms with Gasteiger partial charge in [-0.2, -0.15) is 0 Å². The summed E-state index contributed by atoms with van der Waals surface area (Å²) in [4.78, 5) is 20.3. The van der Waals surface area contributed by atoms with Crippen LogP contribution in [-0.2, 0) is 15.8 Å². The third-order valence-electron chi connectivity index (χ3n) is 2.97. The summed E-state index contributed by atoms with van der Waals surface area (Å²) in [5.74, 6) is -1.75. The number of nitrogens with two attached hydrogens (primary N) is 1. The number of hydrogen-bond donors (Lipinski definition) is 3. The first-order valence-corrected chi connectivity index (χ1v) is 8.16. The van der Waals surface area contributed by atoms with E-state index in [0.29, 0.717) is 12.8 Å². The molecule has 0 fully saturated rings. The average molecular weight is 285 g/mol. The molecule has 1 aromatic carbocycles. The maximum absolute atomic E-state index is 12.0. The van der Waals surface area contributed by atoms with Crippen molar-refractivity contribution >= 4 is 13.3 Å². The van der Waals surface area contributed by atoms with Gasteiger partial charge in [-0.3, -0.25) is 9.36 Å². The summed E-state index contributed by atoms with van der Waals surface area (Å²) in [6.45, 7) is 0. The maximum atomic E-state index is 12.0. The fraction of sp³-hybridized carbons (Fsp3) is 0.462. The summed E-state index contributed by atoms with van der Waals surface area (Å²) in [6, 6.07) is 9.44. The molecule has 0 saturated heterocycles. The molecule has 0 amide bonds. The highest BCUT2D eigenvalue weighted by molar-refractivity contribution is 7.58. The zero-order valence-corrected chi connectivity index (χ0v) is 11.6. The van der Waals surface area contributed by atoms with Gasteiger partial charge in [0, 0.05) is 12.6 Å². The van der Waals surface area contributed by atoms with Crippen LogP contribution in [0.4, 0.5) is 0 Å². The van der Waals surface area contributed by atoms with Gasteiger partial charge in [0.05, 0.1) is 5.78 Å². The third-order valence-corrected chi connectivity index (χ3v) is 5.13. The molecule has 0 aliphatic heterocycles. The van der Waals surface area contributed by atoms with Crippen LogP contribution in [0, 0.1) is 0 Å². The van der Waals surface area contributed by atoms with Crippen molar-refractivity contribution in [3.8, 4) is 0 Å². The van der Waals surface area contributed by atoms with Gasteiger partial charge in [0.25, 0.3) is 0 Å². The molecule has 6 heteroatoms. The first-order valence-electron chi connectivity index (χ1n) is 6.24. The molecule has 106 valence electrons. The van der Waals surface area contributed by atoms with E-state index in [-0.39, 0.29) is 19.0 Å². The van der Waals surface area contributed by atoms with Gasteiger partial charge in [0.1, 0.15) is 0 Å². The Hall–Kier alpha value is -1.16. The minimum Gasteiger partial charge on any atom is -0.481 e. The molecule has 1 aromatic rings. The SMILES string of the molecule is NC(CCCC(=O)O)P(=O)(O)CCc1ccccc1. The lowest BCUT2D eigenvalue weighted by atomic mass is 10.2. The van der Waals surface area contributed by atoms with Gasteiger partial charge in [-0.05, 0) is 24.8 Å². The number of benzene rings is 1. The van der Waals surface area contributed by atoms with E-state index in [2.05, 4.69) is 0 Å². The molecule has 19 heavy (non-hydrogen) atoms. The quantitative estimate of drug-likeness (QED) is 0.634. The zero-order valence-electron chi connectivity index (χ0n) is 10.7. The molecule has 1 rings (SSSR count). The number of carboxylic acid groups (broad SMARTS) is 1. The van der Waals surface area contributed by atoms with Gasteiger partial charge in [0.2, 0.25) is 7.37 Å². The summed E-state index contributed by atoms with van der Waals surface area (Å²) in [5, 5.41) is 8.51. The largest absolute Gasteiger partial charge is 0.481 e. The molecule has 0 bridgehead atoms. The van der Waals surface area contributed by atoms with Crippen LogP contribution in [0.2, 0.25) is 0 Å². The Morgan fingerprint density at radius 2 is 1.95 bits per heavy atom. The van der Waals surface area contributed by atoms with E-state index >= 15 is 0 Å². The molecular weight excluding hydrogens is 265 g/mol. The lowest BCUT2D eigenvalue weighted by molar-refractivity contribution is -0.137. The lowest BCUT2D eigenvalue weighted by Crippen LogP contribution is -2.22. The van der Waals surface area contributed by atoms with Gasteiger partial charge in [-0.15, -0.1) is 0 Å². The fourth-order valence-corrected chi connectivity index (χ4v) is 3.26. The lowest BCUT2D eigenvalue weighted by Gasteiger charge is -2.19. The summed E-state index contributed by atoms with van der Waals surface area (Å²) in [6.07, 6.45) is 1.19. The van der Waals surface area contributed by atoms with Gasteiger partial charge in [-0.1, -0.05) is 30.3 Å². The molecule has 0 heterocycles. The molecule has 0 aliphatic carbocycles. The van der Waals surface area contributed by atoms with Crippen LogP contribution in [0.1, 0.15) is 24.8 Å². The van der Waals surface area contributed by atoms with E-state index in [1.165, 1.54) is 0 Å². The zero-order chi connectivity index (χ0) is 14.3. The van der Waals surface area contributed by atoms with E-state index in [1.807, 2.05) is 30.3 Å². The molecule has 0 saturated carbocycles. The molecule has 2 atom stereocenters. The predicted molar refractivity (Wildman–Crippen MR) is 74.3 cm³/mol. The van der Waals surface area contributed by atoms with Crippen LogP contribution >= 0.6 is 7.37 Å². The van der Waals surface area contributed by atoms with E-state index in [4.69, 9.17) is 10.8 Å². The smallest absolute Gasteiger partial charge is 0.303 e. The van der Waals surface area contributed by atoms with Crippen molar-refractivity contribution in [3.05, 3.63) is 35.9 Å². The van der Waals surface area contributed by atoms with Gasteiger partial charge < -0.3 is 15.7 Å². The van der Waals surface area contributed by atoms with Crippen molar-refractivity contribution in [2.24, 2.45) is 5.73 Å². The van der Waals surface area contributed by atoms with Crippen molar-refractivity contribution in [2.45, 2.75) is 31.5 Å². The summed E-state index contributed by atoms with van der Waals surface area (Å²) < 4.78 is 12.0. The van der Waals surface area contributed by atoms with Crippen LogP contribution in [-0.4, -0.2) is 27.9 Å². The van der Waals surface area contributed by atoms with Crippen molar-refractivity contribution in [1.82, 2.24) is 0 Å². The number of carboxylic acids is 1. The first-order chi connectivity index (χ1) is 8.92. The monoisotopic (exact) mass is 285 g/mol. The Labute approximate surface area is 112 Å². The van der Waals surface area contributed by atoms with E-state index in [0.717, 1.165) is 5.56 Å². The number of hydrogen-bond acceptors (Lipinski definition) is 3. The van der Waals surface area contributed by atoms with Crippen molar-refractivity contribution in [1.29, 1.82) is 0 Å². The Morgan fingerprint density at radius 1 is 1.32 bits per heavy atom. The van der Waals surface area contributed by atoms with Crippen LogP contribution in [0.5, 0.6) is 0 Å². The van der Waals surface area contributed by atoms with Crippen molar-refractivity contribution < 1.29 is 19.4 Å². The Morgan fingerprint density at radius 3 is 2.53 bits per heavy atom. The van der Waals surface area contributed by atoms with Crippen LogP contribution in [0.3, 0.4) is 0 Å². The van der Waals surface area contributed by atoms with E-state index < -0.39 is 19.1 Å². The van der Waals surface area contributed by atoms with Crippen LogP contribution in [0.25, 0.3) is 0 Å². The molecule has 0 radical (unpaired) electrons. The van der Waals surface area contributed by atoms with Crippen LogP contribution < -0.4 is 5.73 Å². The minimum absolute atomic E-state index is 0.0214. The number of carbonyl (C=O) groups is 1. The van der Waals surface area contributed by atoms with Gasteiger partial charge in [-0.25, -0.2) is 0 Å². The topological polar surface area (TPSA) is 101 Å². The molecular formula is C13H20NO4P. The second-order valence-electron chi connectivity index (χ2n) is 4.57.